The number of hydrogen-bond donors (Lipinski definition) is 3. The molecule has 0 bridgehead atoms. The van der Waals surface area contributed by atoms with Crippen molar-refractivity contribution in [3.8, 4) is 0 Å². The van der Waals surface area contributed by atoms with E-state index in [0.717, 1.165) is 7.11 Å². The lowest BCUT2D eigenvalue weighted by Gasteiger charge is -2.32. The van der Waals surface area contributed by atoms with E-state index in [1.54, 1.807) is 41.5 Å². The number of carbonyl (C=O) groups is 3. The van der Waals surface area contributed by atoms with Crippen LogP contribution in [0.25, 0.3) is 0 Å². The van der Waals surface area contributed by atoms with Crippen molar-refractivity contribution in [2.45, 2.75) is 59.2 Å². The van der Waals surface area contributed by atoms with Gasteiger partial charge in [0.05, 0.1) is 19.1 Å². The first-order chi connectivity index (χ1) is 10.3. The summed E-state index contributed by atoms with van der Waals surface area (Å²) in [6, 6.07) is -1.73. The summed E-state index contributed by atoms with van der Waals surface area (Å²) < 4.78 is 9.64. The smallest absolute Gasteiger partial charge is 0.407 e. The number of aliphatic hydroxyl groups is 1. The molecule has 0 saturated heterocycles. The monoisotopic (exact) mass is 332 g/mol. The molecule has 0 spiro atoms. The van der Waals surface area contributed by atoms with Gasteiger partial charge in [-0.15, -0.1) is 0 Å². The molecule has 23 heavy (non-hydrogen) atoms. The standard InChI is InChI=1S/C15H28N2O6/c1-9(16-13(21)23-14(2,3)4)15(5,6)12(20)17-10(8-18)11(19)22-7/h9-10,18H,8H2,1-7H3,(H,16,21)(H,17,20)/t9-,10?/m1/s1. The SMILES string of the molecule is COC(=O)C(CO)NC(=O)C(C)(C)[C@@H](C)NC(=O)OC(C)(C)C. The normalized spacial score (nSPS) is 14.4. The highest BCUT2D eigenvalue weighted by atomic mass is 16.6. The van der Waals surface area contributed by atoms with E-state index in [1.807, 2.05) is 0 Å². The van der Waals surface area contributed by atoms with Crippen molar-refractivity contribution >= 4 is 18.0 Å². The molecule has 0 radical (unpaired) electrons. The lowest BCUT2D eigenvalue weighted by Crippen LogP contribution is -2.55. The van der Waals surface area contributed by atoms with Gasteiger partial charge in [-0.05, 0) is 41.5 Å². The molecule has 0 heterocycles. The van der Waals surface area contributed by atoms with E-state index in [2.05, 4.69) is 15.4 Å². The molecule has 0 rings (SSSR count). The van der Waals surface area contributed by atoms with Gasteiger partial charge >= 0.3 is 12.1 Å². The minimum absolute atomic E-state index is 0.509. The predicted octanol–water partition coefficient (Wildman–Crippen LogP) is 0.576. The van der Waals surface area contributed by atoms with Crippen LogP contribution in [0.1, 0.15) is 41.5 Å². The van der Waals surface area contributed by atoms with Gasteiger partial charge < -0.3 is 25.2 Å². The van der Waals surface area contributed by atoms with Gasteiger partial charge in [0, 0.05) is 6.04 Å². The van der Waals surface area contributed by atoms with Crippen LogP contribution in [0.15, 0.2) is 0 Å². The Labute approximate surface area is 136 Å². The zero-order valence-corrected chi connectivity index (χ0v) is 14.9. The molecule has 1 unspecified atom stereocenters. The zero-order chi connectivity index (χ0) is 18.4. The van der Waals surface area contributed by atoms with Gasteiger partial charge in [-0.3, -0.25) is 4.79 Å². The molecule has 8 nitrogen and oxygen atoms in total. The maximum Gasteiger partial charge on any atom is 0.407 e. The lowest BCUT2D eigenvalue weighted by molar-refractivity contribution is -0.147. The van der Waals surface area contributed by atoms with Crippen molar-refractivity contribution in [1.29, 1.82) is 0 Å². The Morgan fingerprint density at radius 3 is 2.00 bits per heavy atom. The molecular formula is C15H28N2O6. The number of ether oxygens (including phenoxy) is 2. The Hall–Kier alpha value is -1.83. The summed E-state index contributed by atoms with van der Waals surface area (Å²) in [7, 11) is 1.16. The summed E-state index contributed by atoms with van der Waals surface area (Å²) in [5.41, 5.74) is -1.69. The Morgan fingerprint density at radius 2 is 1.61 bits per heavy atom. The molecule has 0 aliphatic heterocycles. The van der Waals surface area contributed by atoms with Gasteiger partial charge in [0.1, 0.15) is 5.60 Å². The highest BCUT2D eigenvalue weighted by molar-refractivity contribution is 5.88. The summed E-state index contributed by atoms with van der Waals surface area (Å²) in [6.07, 6.45) is -0.641. The Balaban J connectivity index is 4.85. The van der Waals surface area contributed by atoms with E-state index in [9.17, 15) is 14.4 Å². The number of carbonyl (C=O) groups excluding carboxylic acids is 3. The minimum Gasteiger partial charge on any atom is -0.467 e. The lowest BCUT2D eigenvalue weighted by atomic mass is 9.84. The molecular weight excluding hydrogens is 304 g/mol. The second-order valence-corrected chi connectivity index (χ2v) is 6.82. The molecule has 3 N–H and O–H groups in total. The predicted molar refractivity (Wildman–Crippen MR) is 83.6 cm³/mol. The van der Waals surface area contributed by atoms with Crippen molar-refractivity contribution in [3.05, 3.63) is 0 Å². The van der Waals surface area contributed by atoms with Crippen molar-refractivity contribution in [1.82, 2.24) is 10.6 Å². The fraction of sp³-hybridized carbons (Fsp3) is 0.800. The third-order valence-electron chi connectivity index (χ3n) is 3.37. The van der Waals surface area contributed by atoms with Crippen molar-refractivity contribution in [2.75, 3.05) is 13.7 Å². The molecule has 134 valence electrons. The highest BCUT2D eigenvalue weighted by Gasteiger charge is 2.37. The van der Waals surface area contributed by atoms with Gasteiger partial charge in [-0.25, -0.2) is 9.59 Å². The topological polar surface area (TPSA) is 114 Å². The molecule has 0 saturated carbocycles. The number of methoxy groups -OCH3 is 1. The number of esters is 1. The van der Waals surface area contributed by atoms with Crippen LogP contribution in [0.3, 0.4) is 0 Å². The van der Waals surface area contributed by atoms with Crippen LogP contribution >= 0.6 is 0 Å². The first-order valence-electron chi connectivity index (χ1n) is 7.34. The fourth-order valence-corrected chi connectivity index (χ4v) is 1.53. The molecule has 0 aromatic heterocycles. The van der Waals surface area contributed by atoms with Crippen LogP contribution in [0.4, 0.5) is 4.79 Å². The molecule has 0 aliphatic carbocycles. The van der Waals surface area contributed by atoms with Gasteiger partial charge in [-0.1, -0.05) is 0 Å². The Kier molecular flexibility index (Phi) is 7.50. The summed E-state index contributed by atoms with van der Waals surface area (Å²) >= 11 is 0. The minimum atomic E-state index is -1.15. The number of hydrogen-bond acceptors (Lipinski definition) is 6. The number of aliphatic hydroxyl groups excluding tert-OH is 1. The van der Waals surface area contributed by atoms with E-state index in [1.165, 1.54) is 0 Å². The maximum absolute atomic E-state index is 12.3. The van der Waals surface area contributed by atoms with Crippen molar-refractivity contribution < 1.29 is 29.0 Å². The third kappa shape index (κ3) is 6.85. The van der Waals surface area contributed by atoms with Crippen LogP contribution in [0, 0.1) is 5.41 Å². The van der Waals surface area contributed by atoms with E-state index in [0.29, 0.717) is 0 Å². The zero-order valence-electron chi connectivity index (χ0n) is 14.9. The van der Waals surface area contributed by atoms with Crippen LogP contribution in [0.5, 0.6) is 0 Å². The summed E-state index contributed by atoms with van der Waals surface area (Å²) in [5, 5.41) is 14.1. The molecule has 0 aromatic rings. The number of alkyl carbamates (subject to hydrolysis) is 1. The Bertz CT molecular complexity index is 442. The van der Waals surface area contributed by atoms with Crippen molar-refractivity contribution in [3.63, 3.8) is 0 Å². The van der Waals surface area contributed by atoms with Crippen LogP contribution in [-0.2, 0) is 19.1 Å². The maximum atomic E-state index is 12.3. The van der Waals surface area contributed by atoms with Gasteiger partial charge in [-0.2, -0.15) is 0 Å². The molecule has 0 aromatic carbocycles. The number of rotatable bonds is 6. The average molecular weight is 332 g/mol. The quantitative estimate of drug-likeness (QED) is 0.613. The van der Waals surface area contributed by atoms with Crippen LogP contribution in [-0.4, -0.2) is 54.5 Å². The van der Waals surface area contributed by atoms with Gasteiger partial charge in [0.25, 0.3) is 0 Å². The first-order valence-corrected chi connectivity index (χ1v) is 7.34. The first kappa shape index (κ1) is 21.2. The highest BCUT2D eigenvalue weighted by Crippen LogP contribution is 2.21. The van der Waals surface area contributed by atoms with Crippen LogP contribution < -0.4 is 10.6 Å². The molecule has 2 atom stereocenters. The van der Waals surface area contributed by atoms with E-state index in [-0.39, 0.29) is 0 Å². The van der Waals surface area contributed by atoms with Gasteiger partial charge in [0.15, 0.2) is 6.04 Å². The van der Waals surface area contributed by atoms with E-state index >= 15 is 0 Å². The largest absolute Gasteiger partial charge is 0.467 e. The molecule has 8 heteroatoms. The average Bonchev–Trinajstić information content (AvgIpc) is 2.41. The fourth-order valence-electron chi connectivity index (χ4n) is 1.53. The summed E-state index contributed by atoms with van der Waals surface area (Å²) in [6.45, 7) is 9.48. The van der Waals surface area contributed by atoms with Gasteiger partial charge in [0.2, 0.25) is 5.91 Å². The van der Waals surface area contributed by atoms with E-state index < -0.39 is 47.7 Å². The van der Waals surface area contributed by atoms with Crippen LogP contribution in [0.2, 0.25) is 0 Å². The third-order valence-corrected chi connectivity index (χ3v) is 3.37. The molecule has 0 aliphatic rings. The second-order valence-electron chi connectivity index (χ2n) is 6.82. The summed E-state index contributed by atoms with van der Waals surface area (Å²) in [4.78, 5) is 35.6. The number of nitrogens with one attached hydrogen (secondary N) is 2. The Morgan fingerprint density at radius 1 is 1.09 bits per heavy atom. The molecule has 2 amide bonds. The molecule has 0 fully saturated rings. The summed E-state index contributed by atoms with van der Waals surface area (Å²) in [5.74, 6) is -1.25. The van der Waals surface area contributed by atoms with E-state index in [4.69, 9.17) is 9.84 Å². The number of amides is 2. The second kappa shape index (κ2) is 8.14. The van der Waals surface area contributed by atoms with Crippen molar-refractivity contribution in [2.24, 2.45) is 5.41 Å².